The first-order chi connectivity index (χ1) is 15.3. The lowest BCUT2D eigenvalue weighted by Gasteiger charge is -2.26. The summed E-state index contributed by atoms with van der Waals surface area (Å²) in [6.45, 7) is 4.78. The van der Waals surface area contributed by atoms with Crippen LogP contribution in [-0.2, 0) is 26.0 Å². The molecule has 2 aromatic carbocycles. The van der Waals surface area contributed by atoms with Crippen LogP contribution in [0, 0.1) is 6.92 Å². The highest BCUT2D eigenvalue weighted by Gasteiger charge is 2.31. The zero-order chi connectivity index (χ0) is 22.9. The van der Waals surface area contributed by atoms with E-state index in [4.69, 9.17) is 4.74 Å². The molecule has 0 bridgehead atoms. The van der Waals surface area contributed by atoms with Crippen LogP contribution in [-0.4, -0.2) is 50.3 Å². The number of sulfonamides is 1. The molecule has 1 amide bonds. The number of ether oxygens (including phenoxy) is 1. The molecule has 1 saturated heterocycles. The minimum atomic E-state index is -3.68. The van der Waals surface area contributed by atoms with Crippen LogP contribution in [0.2, 0.25) is 0 Å². The maximum atomic E-state index is 13.0. The molecule has 2 aromatic rings. The number of para-hydroxylation sites is 1. The van der Waals surface area contributed by atoms with Gasteiger partial charge < -0.3 is 9.64 Å². The third kappa shape index (κ3) is 4.29. The smallest absolute Gasteiger partial charge is 0.339 e. The normalized spacial score (nSPS) is 17.6. The van der Waals surface area contributed by atoms with E-state index >= 15 is 0 Å². The van der Waals surface area contributed by atoms with Crippen molar-refractivity contribution in [3.8, 4) is 0 Å². The van der Waals surface area contributed by atoms with Gasteiger partial charge in [-0.1, -0.05) is 30.7 Å². The highest BCUT2D eigenvalue weighted by Crippen LogP contribution is 2.29. The van der Waals surface area contributed by atoms with Crippen LogP contribution in [0.15, 0.2) is 47.4 Å². The number of hydrogen-bond donors (Lipinski definition) is 0. The Kier molecular flexibility index (Phi) is 6.35. The van der Waals surface area contributed by atoms with E-state index < -0.39 is 22.1 Å². The number of rotatable bonds is 5. The zero-order valence-electron chi connectivity index (χ0n) is 18.4. The first-order valence-corrected chi connectivity index (χ1v) is 12.4. The van der Waals surface area contributed by atoms with Crippen molar-refractivity contribution in [2.45, 2.75) is 50.5 Å². The van der Waals surface area contributed by atoms with Gasteiger partial charge in [0.25, 0.3) is 5.91 Å². The standard InChI is InChI=1S/C24H28N2O5S/c1-17-10-11-20(32(29,30)25-13-6-3-7-14-25)16-21(17)24(28)31-18(2)23(27)26-15-12-19-8-4-5-9-22(19)26/h4-5,8-11,16,18H,3,6-7,12-15H2,1-2H3/t18-/m0/s1. The lowest BCUT2D eigenvalue weighted by atomic mass is 10.1. The number of amides is 1. The lowest BCUT2D eigenvalue weighted by Crippen LogP contribution is -2.39. The van der Waals surface area contributed by atoms with E-state index in [1.807, 2.05) is 24.3 Å². The molecule has 170 valence electrons. The molecule has 8 heteroatoms. The van der Waals surface area contributed by atoms with E-state index in [1.54, 1.807) is 24.8 Å². The summed E-state index contributed by atoms with van der Waals surface area (Å²) in [5.74, 6) is -0.996. The molecule has 0 saturated carbocycles. The molecule has 1 atom stereocenters. The number of esters is 1. The van der Waals surface area contributed by atoms with Crippen molar-refractivity contribution in [1.29, 1.82) is 0 Å². The number of piperidine rings is 1. The average Bonchev–Trinajstić information content (AvgIpc) is 3.23. The topological polar surface area (TPSA) is 84.0 Å². The first kappa shape index (κ1) is 22.5. The van der Waals surface area contributed by atoms with Crippen LogP contribution in [0.4, 0.5) is 5.69 Å². The summed E-state index contributed by atoms with van der Waals surface area (Å²) in [6, 6.07) is 12.2. The Labute approximate surface area is 189 Å². The molecule has 0 radical (unpaired) electrons. The van der Waals surface area contributed by atoms with Gasteiger partial charge in [0.05, 0.1) is 10.5 Å². The molecule has 2 aliphatic heterocycles. The average molecular weight is 457 g/mol. The lowest BCUT2D eigenvalue weighted by molar-refractivity contribution is -0.126. The van der Waals surface area contributed by atoms with Crippen LogP contribution in [0.5, 0.6) is 0 Å². The summed E-state index contributed by atoms with van der Waals surface area (Å²) >= 11 is 0. The second kappa shape index (κ2) is 9.03. The van der Waals surface area contributed by atoms with Gasteiger partial charge >= 0.3 is 5.97 Å². The fourth-order valence-electron chi connectivity index (χ4n) is 4.30. The second-order valence-electron chi connectivity index (χ2n) is 8.36. The van der Waals surface area contributed by atoms with Gasteiger partial charge in [-0.3, -0.25) is 4.79 Å². The van der Waals surface area contributed by atoms with Crippen LogP contribution in [0.3, 0.4) is 0 Å². The van der Waals surface area contributed by atoms with Crippen molar-refractivity contribution in [2.24, 2.45) is 0 Å². The van der Waals surface area contributed by atoms with Crippen molar-refractivity contribution in [1.82, 2.24) is 4.31 Å². The van der Waals surface area contributed by atoms with Crippen molar-refractivity contribution >= 4 is 27.6 Å². The summed E-state index contributed by atoms with van der Waals surface area (Å²) < 4.78 is 33.0. The van der Waals surface area contributed by atoms with Crippen molar-refractivity contribution in [2.75, 3.05) is 24.5 Å². The van der Waals surface area contributed by atoms with E-state index in [2.05, 4.69) is 0 Å². The van der Waals surface area contributed by atoms with Crippen LogP contribution in [0.25, 0.3) is 0 Å². The van der Waals surface area contributed by atoms with E-state index in [9.17, 15) is 18.0 Å². The van der Waals surface area contributed by atoms with Crippen molar-refractivity contribution < 1.29 is 22.7 Å². The Morgan fingerprint density at radius 2 is 1.72 bits per heavy atom. The number of anilines is 1. The fraction of sp³-hybridized carbons (Fsp3) is 0.417. The maximum Gasteiger partial charge on any atom is 0.339 e. The van der Waals surface area contributed by atoms with Crippen molar-refractivity contribution in [3.63, 3.8) is 0 Å². The Morgan fingerprint density at radius 3 is 2.47 bits per heavy atom. The molecule has 2 aliphatic rings. The van der Waals surface area contributed by atoms with Gasteiger partial charge in [-0.2, -0.15) is 4.31 Å². The SMILES string of the molecule is Cc1ccc(S(=O)(=O)N2CCCCC2)cc1C(=O)O[C@@H](C)C(=O)N1CCc2ccccc21. The quantitative estimate of drug-likeness (QED) is 0.645. The van der Waals surface area contributed by atoms with Gasteiger partial charge in [-0.15, -0.1) is 0 Å². The van der Waals surface area contributed by atoms with Gasteiger partial charge in [0.2, 0.25) is 10.0 Å². The molecule has 0 unspecified atom stereocenters. The summed E-state index contributed by atoms with van der Waals surface area (Å²) in [6.07, 6.45) is 2.46. The van der Waals surface area contributed by atoms with Gasteiger partial charge in [0.1, 0.15) is 0 Å². The number of hydrogen-bond acceptors (Lipinski definition) is 5. The molecule has 0 aliphatic carbocycles. The number of benzene rings is 2. The predicted octanol–water partition coefficient (Wildman–Crippen LogP) is 3.30. The van der Waals surface area contributed by atoms with Crippen molar-refractivity contribution in [3.05, 3.63) is 59.2 Å². The zero-order valence-corrected chi connectivity index (χ0v) is 19.2. The Bertz CT molecular complexity index is 1140. The number of fused-ring (bicyclic) bond motifs is 1. The second-order valence-corrected chi connectivity index (χ2v) is 10.3. The number of carbonyl (C=O) groups excluding carboxylic acids is 2. The van der Waals surface area contributed by atoms with Gasteiger partial charge in [0.15, 0.2) is 6.10 Å². The summed E-state index contributed by atoms with van der Waals surface area (Å²) in [5, 5.41) is 0. The molecule has 32 heavy (non-hydrogen) atoms. The molecule has 7 nitrogen and oxygen atoms in total. The largest absolute Gasteiger partial charge is 0.449 e. The summed E-state index contributed by atoms with van der Waals surface area (Å²) in [5.41, 5.74) is 2.68. The molecule has 1 fully saturated rings. The highest BCUT2D eigenvalue weighted by molar-refractivity contribution is 7.89. The van der Waals surface area contributed by atoms with E-state index in [0.717, 1.165) is 36.9 Å². The first-order valence-electron chi connectivity index (χ1n) is 11.0. The molecular weight excluding hydrogens is 428 g/mol. The van der Waals surface area contributed by atoms with Gasteiger partial charge in [-0.05, 0) is 62.4 Å². The third-order valence-corrected chi connectivity index (χ3v) is 8.06. The fourth-order valence-corrected chi connectivity index (χ4v) is 5.84. The molecular formula is C24H28N2O5S. The Hall–Kier alpha value is -2.71. The van der Waals surface area contributed by atoms with Gasteiger partial charge in [-0.25, -0.2) is 13.2 Å². The molecule has 4 rings (SSSR count). The summed E-state index contributed by atoms with van der Waals surface area (Å²) in [7, 11) is -3.68. The predicted molar refractivity (Wildman–Crippen MR) is 121 cm³/mol. The third-order valence-electron chi connectivity index (χ3n) is 6.17. The van der Waals surface area contributed by atoms with E-state index in [0.29, 0.717) is 25.2 Å². The molecule has 0 N–H and O–H groups in total. The minimum Gasteiger partial charge on any atom is -0.449 e. The highest BCUT2D eigenvalue weighted by atomic mass is 32.2. The Balaban J connectivity index is 1.51. The molecule has 2 heterocycles. The molecule has 0 spiro atoms. The maximum absolute atomic E-state index is 13.0. The van der Waals surface area contributed by atoms with Crippen LogP contribution < -0.4 is 4.90 Å². The van der Waals surface area contributed by atoms with E-state index in [1.165, 1.54) is 16.4 Å². The summed E-state index contributed by atoms with van der Waals surface area (Å²) in [4.78, 5) is 27.5. The molecule has 0 aromatic heterocycles. The number of carbonyl (C=O) groups is 2. The van der Waals surface area contributed by atoms with Gasteiger partial charge in [0, 0.05) is 25.3 Å². The minimum absolute atomic E-state index is 0.0735. The monoisotopic (exact) mass is 456 g/mol. The Morgan fingerprint density at radius 1 is 1.00 bits per heavy atom. The number of aryl methyl sites for hydroxylation is 1. The van der Waals surface area contributed by atoms with Crippen LogP contribution in [0.1, 0.15) is 47.7 Å². The van der Waals surface area contributed by atoms with E-state index in [-0.39, 0.29) is 16.4 Å². The number of nitrogens with zero attached hydrogens (tertiary/aromatic N) is 2. The van der Waals surface area contributed by atoms with Crippen LogP contribution >= 0.6 is 0 Å².